The van der Waals surface area contributed by atoms with Gasteiger partial charge >= 0.3 is 0 Å². The Morgan fingerprint density at radius 3 is 2.80 bits per heavy atom. The summed E-state index contributed by atoms with van der Waals surface area (Å²) < 4.78 is 15.4. The standard InChI is InChI=1S/C11H10O4/c1-7-3-8-4-9(14-6-12)5-10(13-2)11(8)15-7/h3-6H,1-2H3. The van der Waals surface area contributed by atoms with E-state index in [4.69, 9.17) is 13.9 Å². The topological polar surface area (TPSA) is 48.7 Å². The van der Waals surface area contributed by atoms with Crippen molar-refractivity contribution in [3.8, 4) is 11.5 Å². The van der Waals surface area contributed by atoms with Crippen molar-refractivity contribution in [2.24, 2.45) is 0 Å². The van der Waals surface area contributed by atoms with Gasteiger partial charge in [0.2, 0.25) is 0 Å². The third-order valence-electron chi connectivity index (χ3n) is 2.08. The lowest BCUT2D eigenvalue weighted by atomic mass is 10.2. The van der Waals surface area contributed by atoms with E-state index in [-0.39, 0.29) is 0 Å². The number of furan rings is 1. The van der Waals surface area contributed by atoms with Crippen molar-refractivity contribution in [2.45, 2.75) is 6.92 Å². The number of carbonyl (C=O) groups excluding carboxylic acids is 1. The van der Waals surface area contributed by atoms with Crippen LogP contribution >= 0.6 is 0 Å². The van der Waals surface area contributed by atoms with Crippen LogP contribution in [0.2, 0.25) is 0 Å². The molecular weight excluding hydrogens is 196 g/mol. The number of fused-ring (bicyclic) bond motifs is 1. The zero-order chi connectivity index (χ0) is 10.8. The molecule has 1 aromatic carbocycles. The first-order chi connectivity index (χ1) is 7.24. The van der Waals surface area contributed by atoms with Crippen LogP contribution in [-0.4, -0.2) is 13.6 Å². The normalized spacial score (nSPS) is 10.3. The molecule has 4 nitrogen and oxygen atoms in total. The van der Waals surface area contributed by atoms with Crippen molar-refractivity contribution in [1.82, 2.24) is 0 Å². The van der Waals surface area contributed by atoms with Crippen LogP contribution in [0.4, 0.5) is 0 Å². The van der Waals surface area contributed by atoms with Gasteiger partial charge in [0.15, 0.2) is 11.3 Å². The summed E-state index contributed by atoms with van der Waals surface area (Å²) in [7, 11) is 1.54. The van der Waals surface area contributed by atoms with E-state index in [0.29, 0.717) is 23.6 Å². The van der Waals surface area contributed by atoms with Gasteiger partial charge in [-0.05, 0) is 19.1 Å². The summed E-state index contributed by atoms with van der Waals surface area (Å²) in [5, 5.41) is 0.851. The number of aryl methyl sites for hydroxylation is 1. The van der Waals surface area contributed by atoms with Crippen molar-refractivity contribution < 1.29 is 18.7 Å². The molecule has 0 aliphatic heterocycles. The summed E-state index contributed by atoms with van der Waals surface area (Å²) in [6, 6.07) is 5.19. The first-order valence-corrected chi connectivity index (χ1v) is 4.43. The molecule has 0 amide bonds. The fourth-order valence-corrected chi connectivity index (χ4v) is 1.50. The van der Waals surface area contributed by atoms with Gasteiger partial charge in [-0.25, -0.2) is 0 Å². The highest BCUT2D eigenvalue weighted by atomic mass is 16.5. The van der Waals surface area contributed by atoms with Gasteiger partial charge in [0, 0.05) is 11.5 Å². The van der Waals surface area contributed by atoms with Crippen molar-refractivity contribution in [2.75, 3.05) is 7.11 Å². The summed E-state index contributed by atoms with van der Waals surface area (Å²) in [5.41, 5.74) is 0.660. The van der Waals surface area contributed by atoms with Gasteiger partial charge in [-0.3, -0.25) is 4.79 Å². The molecule has 2 aromatic rings. The highest BCUT2D eigenvalue weighted by molar-refractivity contribution is 5.85. The summed E-state index contributed by atoms with van der Waals surface area (Å²) in [5.74, 6) is 1.78. The van der Waals surface area contributed by atoms with Crippen LogP contribution in [0.15, 0.2) is 22.6 Å². The van der Waals surface area contributed by atoms with E-state index in [9.17, 15) is 4.79 Å². The van der Waals surface area contributed by atoms with Crippen LogP contribution in [0.3, 0.4) is 0 Å². The number of ether oxygens (including phenoxy) is 2. The second kappa shape index (κ2) is 3.65. The minimum absolute atomic E-state index is 0.382. The number of hydrogen-bond acceptors (Lipinski definition) is 4. The van der Waals surface area contributed by atoms with Gasteiger partial charge < -0.3 is 13.9 Å². The average molecular weight is 206 g/mol. The van der Waals surface area contributed by atoms with E-state index in [1.54, 1.807) is 12.1 Å². The van der Waals surface area contributed by atoms with Crippen molar-refractivity contribution in [3.05, 3.63) is 24.0 Å². The molecular formula is C11H10O4. The predicted octanol–water partition coefficient (Wildman–Crippen LogP) is 2.29. The number of methoxy groups -OCH3 is 1. The number of rotatable bonds is 3. The average Bonchev–Trinajstić information content (AvgIpc) is 2.57. The van der Waals surface area contributed by atoms with Gasteiger partial charge in [0.1, 0.15) is 11.5 Å². The highest BCUT2D eigenvalue weighted by Gasteiger charge is 2.09. The van der Waals surface area contributed by atoms with E-state index < -0.39 is 0 Å². The summed E-state index contributed by atoms with van der Waals surface area (Å²) >= 11 is 0. The van der Waals surface area contributed by atoms with Gasteiger partial charge in [0.25, 0.3) is 6.47 Å². The Labute approximate surface area is 86.4 Å². The van der Waals surface area contributed by atoms with Crippen LogP contribution in [0, 0.1) is 6.92 Å². The Balaban J connectivity index is 2.64. The summed E-state index contributed by atoms with van der Waals surface area (Å²) in [6.07, 6.45) is 0. The van der Waals surface area contributed by atoms with Crippen molar-refractivity contribution >= 4 is 17.4 Å². The lowest BCUT2D eigenvalue weighted by molar-refractivity contribution is -0.120. The maximum Gasteiger partial charge on any atom is 0.298 e. The van der Waals surface area contributed by atoms with E-state index in [1.165, 1.54) is 7.11 Å². The van der Waals surface area contributed by atoms with Gasteiger partial charge in [-0.1, -0.05) is 0 Å². The monoisotopic (exact) mass is 206 g/mol. The molecule has 0 aliphatic carbocycles. The molecule has 0 saturated carbocycles. The maximum absolute atomic E-state index is 10.2. The van der Waals surface area contributed by atoms with Crippen LogP contribution in [-0.2, 0) is 4.79 Å². The number of benzene rings is 1. The molecule has 1 heterocycles. The second-order valence-corrected chi connectivity index (χ2v) is 3.12. The highest BCUT2D eigenvalue weighted by Crippen LogP contribution is 2.33. The molecule has 0 bridgehead atoms. The van der Waals surface area contributed by atoms with Crippen LogP contribution in [0.25, 0.3) is 11.0 Å². The molecule has 0 unspecified atom stereocenters. The first kappa shape index (κ1) is 9.58. The Morgan fingerprint density at radius 1 is 1.33 bits per heavy atom. The van der Waals surface area contributed by atoms with Gasteiger partial charge in [0.05, 0.1) is 7.11 Å². The third kappa shape index (κ3) is 1.66. The SMILES string of the molecule is COc1cc(OC=O)cc2cc(C)oc12. The maximum atomic E-state index is 10.2. The lowest BCUT2D eigenvalue weighted by Crippen LogP contribution is -1.90. The fourth-order valence-electron chi connectivity index (χ4n) is 1.50. The molecule has 4 heteroatoms. The molecule has 2 rings (SSSR count). The zero-order valence-electron chi connectivity index (χ0n) is 8.44. The van der Waals surface area contributed by atoms with Crippen molar-refractivity contribution in [1.29, 1.82) is 0 Å². The third-order valence-corrected chi connectivity index (χ3v) is 2.08. The van der Waals surface area contributed by atoms with Crippen molar-refractivity contribution in [3.63, 3.8) is 0 Å². The molecule has 0 atom stereocenters. The van der Waals surface area contributed by atoms with Gasteiger partial charge in [-0.2, -0.15) is 0 Å². The summed E-state index contributed by atoms with van der Waals surface area (Å²) in [4.78, 5) is 10.2. The van der Waals surface area contributed by atoms with E-state index in [0.717, 1.165) is 11.1 Å². The molecule has 0 spiro atoms. The molecule has 0 saturated heterocycles. The predicted molar refractivity (Wildman–Crippen MR) is 54.2 cm³/mol. The molecule has 0 N–H and O–H groups in total. The minimum Gasteiger partial charge on any atom is -0.493 e. The minimum atomic E-state index is 0.382. The largest absolute Gasteiger partial charge is 0.493 e. The van der Waals surface area contributed by atoms with E-state index >= 15 is 0 Å². The molecule has 78 valence electrons. The van der Waals surface area contributed by atoms with E-state index in [1.807, 2.05) is 13.0 Å². The molecule has 15 heavy (non-hydrogen) atoms. The Bertz CT molecular complexity index is 499. The number of carbonyl (C=O) groups is 1. The Morgan fingerprint density at radius 2 is 2.13 bits per heavy atom. The first-order valence-electron chi connectivity index (χ1n) is 4.43. The fraction of sp³-hybridized carbons (Fsp3) is 0.182. The second-order valence-electron chi connectivity index (χ2n) is 3.12. The zero-order valence-corrected chi connectivity index (χ0v) is 8.44. The smallest absolute Gasteiger partial charge is 0.298 e. The van der Waals surface area contributed by atoms with Gasteiger partial charge in [-0.15, -0.1) is 0 Å². The number of hydrogen-bond donors (Lipinski definition) is 0. The molecule has 1 aromatic heterocycles. The Kier molecular flexibility index (Phi) is 2.33. The molecule has 0 radical (unpaired) electrons. The van der Waals surface area contributed by atoms with E-state index in [2.05, 4.69) is 0 Å². The molecule has 0 aliphatic rings. The quantitative estimate of drug-likeness (QED) is 0.723. The van der Waals surface area contributed by atoms with Crippen LogP contribution in [0.1, 0.15) is 5.76 Å². The lowest BCUT2D eigenvalue weighted by Gasteiger charge is -2.03. The summed E-state index contributed by atoms with van der Waals surface area (Å²) in [6.45, 7) is 2.23. The molecule has 0 fully saturated rings. The van der Waals surface area contributed by atoms with Crippen LogP contribution < -0.4 is 9.47 Å². The Hall–Kier alpha value is -1.97. The van der Waals surface area contributed by atoms with Crippen LogP contribution in [0.5, 0.6) is 11.5 Å².